The Balaban J connectivity index is 2.72. The number of aryl methyl sites for hydroxylation is 1. The zero-order valence-electron chi connectivity index (χ0n) is 11.3. The molecule has 0 fully saturated rings. The molecule has 1 aromatic carbocycles. The zero-order chi connectivity index (χ0) is 15.3. The Labute approximate surface area is 115 Å². The number of carbonyl (C=O) groups excluding carboxylic acids is 3. The van der Waals surface area contributed by atoms with Gasteiger partial charge in [0.25, 0.3) is 5.91 Å². The SMILES string of the molecule is COC(=O)NC(=O)[C@H](C)OC(=O)c1cc(C)ccc1O. The van der Waals surface area contributed by atoms with Crippen molar-refractivity contribution in [2.75, 3.05) is 7.11 Å². The van der Waals surface area contributed by atoms with Crippen molar-refractivity contribution in [1.29, 1.82) is 0 Å². The number of esters is 1. The summed E-state index contributed by atoms with van der Waals surface area (Å²) in [7, 11) is 1.10. The summed E-state index contributed by atoms with van der Waals surface area (Å²) in [5.41, 5.74) is 0.698. The summed E-state index contributed by atoms with van der Waals surface area (Å²) >= 11 is 0. The molecule has 0 aliphatic carbocycles. The van der Waals surface area contributed by atoms with Gasteiger partial charge in [0.2, 0.25) is 0 Å². The van der Waals surface area contributed by atoms with Crippen LogP contribution in [-0.4, -0.2) is 36.3 Å². The minimum Gasteiger partial charge on any atom is -0.507 e. The summed E-state index contributed by atoms with van der Waals surface area (Å²) in [6.45, 7) is 3.03. The van der Waals surface area contributed by atoms with Gasteiger partial charge in [-0.1, -0.05) is 11.6 Å². The first kappa shape index (κ1) is 15.5. The molecule has 7 nitrogen and oxygen atoms in total. The van der Waals surface area contributed by atoms with Crippen molar-refractivity contribution >= 4 is 18.0 Å². The van der Waals surface area contributed by atoms with Crippen LogP contribution in [0.2, 0.25) is 0 Å². The van der Waals surface area contributed by atoms with Crippen LogP contribution in [0.3, 0.4) is 0 Å². The van der Waals surface area contributed by atoms with E-state index < -0.39 is 24.1 Å². The van der Waals surface area contributed by atoms with Crippen LogP contribution in [-0.2, 0) is 14.3 Å². The highest BCUT2D eigenvalue weighted by Crippen LogP contribution is 2.19. The molecule has 20 heavy (non-hydrogen) atoms. The Morgan fingerprint density at radius 3 is 2.55 bits per heavy atom. The minimum absolute atomic E-state index is 0.0530. The maximum absolute atomic E-state index is 11.8. The molecule has 0 spiro atoms. The van der Waals surface area contributed by atoms with Crippen LogP contribution in [0, 0.1) is 6.92 Å². The molecule has 0 aromatic heterocycles. The third-order valence-electron chi connectivity index (χ3n) is 2.44. The molecule has 0 bridgehead atoms. The molecular weight excluding hydrogens is 266 g/mol. The third kappa shape index (κ3) is 3.98. The molecule has 0 unspecified atom stereocenters. The predicted molar refractivity (Wildman–Crippen MR) is 68.3 cm³/mol. The molecule has 2 amide bonds. The van der Waals surface area contributed by atoms with E-state index in [1.807, 2.05) is 5.32 Å². The van der Waals surface area contributed by atoms with Gasteiger partial charge >= 0.3 is 12.1 Å². The fraction of sp³-hybridized carbons (Fsp3) is 0.308. The van der Waals surface area contributed by atoms with E-state index in [1.165, 1.54) is 19.1 Å². The van der Waals surface area contributed by atoms with E-state index >= 15 is 0 Å². The number of hydrogen-bond acceptors (Lipinski definition) is 6. The number of carbonyl (C=O) groups is 3. The number of phenols is 1. The summed E-state index contributed by atoms with van der Waals surface area (Å²) in [5, 5.41) is 11.4. The average Bonchev–Trinajstić information content (AvgIpc) is 2.40. The second kappa shape index (κ2) is 6.55. The van der Waals surface area contributed by atoms with E-state index in [9.17, 15) is 19.5 Å². The van der Waals surface area contributed by atoms with Crippen LogP contribution < -0.4 is 5.32 Å². The van der Waals surface area contributed by atoms with Crippen molar-refractivity contribution < 1.29 is 29.0 Å². The van der Waals surface area contributed by atoms with E-state index in [-0.39, 0.29) is 11.3 Å². The van der Waals surface area contributed by atoms with E-state index in [2.05, 4.69) is 4.74 Å². The van der Waals surface area contributed by atoms with Crippen LogP contribution in [0.1, 0.15) is 22.8 Å². The number of imide groups is 1. The molecular formula is C13H15NO6. The van der Waals surface area contributed by atoms with Gasteiger partial charge in [-0.05, 0) is 26.0 Å². The molecule has 0 radical (unpaired) electrons. The molecule has 2 N–H and O–H groups in total. The molecule has 1 atom stereocenters. The summed E-state index contributed by atoms with van der Waals surface area (Å²) < 4.78 is 9.10. The standard InChI is InChI=1S/C13H15NO6/c1-7-4-5-10(15)9(6-7)12(17)20-8(2)11(16)14-13(18)19-3/h4-6,8,15H,1-3H3,(H,14,16,18)/t8-/m0/s1. The largest absolute Gasteiger partial charge is 0.507 e. The lowest BCUT2D eigenvalue weighted by Crippen LogP contribution is -2.39. The van der Waals surface area contributed by atoms with Gasteiger partial charge < -0.3 is 14.6 Å². The lowest BCUT2D eigenvalue weighted by Gasteiger charge is -2.13. The Morgan fingerprint density at radius 1 is 1.30 bits per heavy atom. The Morgan fingerprint density at radius 2 is 1.95 bits per heavy atom. The topological polar surface area (TPSA) is 102 Å². The number of hydrogen-bond donors (Lipinski definition) is 2. The first-order chi connectivity index (χ1) is 9.35. The fourth-order valence-corrected chi connectivity index (χ4v) is 1.34. The van der Waals surface area contributed by atoms with Gasteiger partial charge in [0.05, 0.1) is 7.11 Å². The first-order valence-electron chi connectivity index (χ1n) is 5.74. The Hall–Kier alpha value is -2.57. The third-order valence-corrected chi connectivity index (χ3v) is 2.44. The van der Waals surface area contributed by atoms with E-state index in [0.29, 0.717) is 0 Å². The van der Waals surface area contributed by atoms with E-state index in [4.69, 9.17) is 4.74 Å². The smallest absolute Gasteiger partial charge is 0.413 e. The lowest BCUT2D eigenvalue weighted by molar-refractivity contribution is -0.128. The van der Waals surface area contributed by atoms with Crippen molar-refractivity contribution in [2.45, 2.75) is 20.0 Å². The highest BCUT2D eigenvalue weighted by Gasteiger charge is 2.22. The lowest BCUT2D eigenvalue weighted by atomic mass is 10.1. The zero-order valence-corrected chi connectivity index (χ0v) is 11.3. The van der Waals surface area contributed by atoms with Gasteiger partial charge in [-0.25, -0.2) is 9.59 Å². The molecule has 108 valence electrons. The van der Waals surface area contributed by atoms with E-state index in [0.717, 1.165) is 12.7 Å². The second-order valence-electron chi connectivity index (χ2n) is 4.05. The van der Waals surface area contributed by atoms with Crippen molar-refractivity contribution in [3.8, 4) is 5.75 Å². The Kier molecular flexibility index (Phi) is 5.08. The van der Waals surface area contributed by atoms with Gasteiger partial charge in [-0.15, -0.1) is 0 Å². The summed E-state index contributed by atoms with van der Waals surface area (Å²) in [6.07, 6.45) is -2.15. The number of ether oxygens (including phenoxy) is 2. The molecule has 1 aromatic rings. The van der Waals surface area contributed by atoms with Gasteiger partial charge in [-0.3, -0.25) is 10.1 Å². The summed E-state index contributed by atoms with van der Waals surface area (Å²) in [5.74, 6) is -1.93. The van der Waals surface area contributed by atoms with Crippen molar-refractivity contribution in [2.24, 2.45) is 0 Å². The van der Waals surface area contributed by atoms with Crippen molar-refractivity contribution in [3.63, 3.8) is 0 Å². The molecule has 1 rings (SSSR count). The quantitative estimate of drug-likeness (QED) is 0.805. The molecule has 0 saturated heterocycles. The highest BCUT2D eigenvalue weighted by molar-refractivity contribution is 5.98. The van der Waals surface area contributed by atoms with Crippen LogP contribution in [0.5, 0.6) is 5.75 Å². The molecule has 0 aliphatic rings. The van der Waals surface area contributed by atoms with Crippen LogP contribution in [0.25, 0.3) is 0 Å². The van der Waals surface area contributed by atoms with Gasteiger partial charge in [0, 0.05) is 0 Å². The van der Waals surface area contributed by atoms with Crippen LogP contribution >= 0.6 is 0 Å². The second-order valence-corrected chi connectivity index (χ2v) is 4.05. The maximum atomic E-state index is 11.8. The number of nitrogens with one attached hydrogen (secondary N) is 1. The predicted octanol–water partition coefficient (Wildman–Crippen LogP) is 1.13. The normalized spacial score (nSPS) is 11.3. The van der Waals surface area contributed by atoms with E-state index in [1.54, 1.807) is 13.0 Å². The summed E-state index contributed by atoms with van der Waals surface area (Å²) in [4.78, 5) is 34.1. The number of methoxy groups -OCH3 is 1. The van der Waals surface area contributed by atoms with Crippen LogP contribution in [0.15, 0.2) is 18.2 Å². The number of phenolic OH excluding ortho intramolecular Hbond substituents is 1. The fourth-order valence-electron chi connectivity index (χ4n) is 1.34. The summed E-state index contributed by atoms with van der Waals surface area (Å²) in [6, 6.07) is 4.41. The molecule has 0 heterocycles. The first-order valence-corrected chi connectivity index (χ1v) is 5.74. The van der Waals surface area contributed by atoms with Crippen molar-refractivity contribution in [1.82, 2.24) is 5.32 Å². The minimum atomic E-state index is -1.21. The average molecular weight is 281 g/mol. The number of amides is 2. The molecule has 0 saturated carbocycles. The highest BCUT2D eigenvalue weighted by atomic mass is 16.6. The monoisotopic (exact) mass is 281 g/mol. The number of alkyl carbamates (subject to hydrolysis) is 1. The maximum Gasteiger partial charge on any atom is 0.413 e. The number of benzene rings is 1. The van der Waals surface area contributed by atoms with Gasteiger partial charge in [0.15, 0.2) is 6.10 Å². The molecule has 0 aliphatic heterocycles. The number of rotatable bonds is 3. The number of aromatic hydroxyl groups is 1. The van der Waals surface area contributed by atoms with Crippen molar-refractivity contribution in [3.05, 3.63) is 29.3 Å². The Bertz CT molecular complexity index is 540. The van der Waals surface area contributed by atoms with Gasteiger partial charge in [0.1, 0.15) is 11.3 Å². The van der Waals surface area contributed by atoms with Gasteiger partial charge in [-0.2, -0.15) is 0 Å². The molecule has 7 heteroatoms. The van der Waals surface area contributed by atoms with Crippen LogP contribution in [0.4, 0.5) is 4.79 Å².